The molecule has 0 aliphatic carbocycles. The Kier molecular flexibility index (Phi) is 6.94. The van der Waals surface area contributed by atoms with E-state index >= 15 is 0 Å². The van der Waals surface area contributed by atoms with E-state index in [1.807, 2.05) is 0 Å². The average molecular weight is 644 g/mol. The summed E-state index contributed by atoms with van der Waals surface area (Å²) in [7, 11) is 1.52. The van der Waals surface area contributed by atoms with Crippen LogP contribution in [0.1, 0.15) is 65.5 Å². The minimum atomic E-state index is -3.82. The Morgan fingerprint density at radius 1 is 0.978 bits per heavy atom. The number of aromatic nitrogens is 1. The second-order valence-corrected chi connectivity index (χ2v) is 12.0. The van der Waals surface area contributed by atoms with Crippen molar-refractivity contribution in [2.24, 2.45) is 0 Å². The maximum absolute atomic E-state index is 13.9. The zero-order valence-electron chi connectivity index (χ0n) is 24.8. The van der Waals surface area contributed by atoms with Gasteiger partial charge in [0.05, 0.1) is 24.4 Å². The lowest BCUT2D eigenvalue weighted by molar-refractivity contribution is -0.286. The van der Waals surface area contributed by atoms with Crippen molar-refractivity contribution in [3.8, 4) is 28.7 Å². The number of halogens is 4. The van der Waals surface area contributed by atoms with Crippen LogP contribution < -0.4 is 29.0 Å². The predicted molar refractivity (Wildman–Crippen MR) is 152 cm³/mol. The van der Waals surface area contributed by atoms with Gasteiger partial charge >= 0.3 is 6.29 Å². The van der Waals surface area contributed by atoms with Crippen LogP contribution in [0.3, 0.4) is 0 Å². The number of carbonyl (C=O) groups is 2. The van der Waals surface area contributed by atoms with Crippen molar-refractivity contribution >= 4 is 11.8 Å². The van der Waals surface area contributed by atoms with Crippen LogP contribution in [0.2, 0.25) is 0 Å². The van der Waals surface area contributed by atoms with E-state index in [0.717, 1.165) is 0 Å². The molecule has 3 aromatic rings. The minimum absolute atomic E-state index is 0.0382. The van der Waals surface area contributed by atoms with Crippen molar-refractivity contribution < 1.29 is 50.8 Å². The summed E-state index contributed by atoms with van der Waals surface area (Å²) in [6, 6.07) is 10.5. The average Bonchev–Trinajstić information content (AvgIpc) is 3.53. The molecule has 1 aromatic heterocycles. The Labute approximate surface area is 260 Å². The molecule has 0 bridgehead atoms. The van der Waals surface area contributed by atoms with Gasteiger partial charge in [0.25, 0.3) is 11.8 Å². The predicted octanol–water partition coefficient (Wildman–Crippen LogP) is 5.31. The lowest BCUT2D eigenvalue weighted by Gasteiger charge is -2.34. The molecule has 0 saturated carbocycles. The Hall–Kier alpha value is -4.75. The summed E-state index contributed by atoms with van der Waals surface area (Å²) in [6.45, 7) is 1.54. The monoisotopic (exact) mass is 643 g/mol. The van der Waals surface area contributed by atoms with Crippen molar-refractivity contribution in [3.63, 3.8) is 0 Å². The van der Waals surface area contributed by atoms with Gasteiger partial charge < -0.3 is 33.9 Å². The second-order valence-electron chi connectivity index (χ2n) is 12.0. The largest absolute Gasteiger partial charge is 0.586 e. The zero-order chi connectivity index (χ0) is 32.4. The van der Waals surface area contributed by atoms with Crippen LogP contribution in [0.5, 0.6) is 28.7 Å². The van der Waals surface area contributed by atoms with E-state index in [2.05, 4.69) is 19.8 Å². The third-order valence-corrected chi connectivity index (χ3v) is 8.88. The number of ether oxygens (including phenoxy) is 5. The van der Waals surface area contributed by atoms with Gasteiger partial charge in [-0.1, -0.05) is 0 Å². The van der Waals surface area contributed by atoms with Crippen molar-refractivity contribution in [2.45, 2.75) is 56.0 Å². The van der Waals surface area contributed by atoms with Gasteiger partial charge in [-0.05, 0) is 37.3 Å². The number of amides is 2. The number of piperidine rings is 1. The first-order valence-electron chi connectivity index (χ1n) is 14.7. The highest BCUT2D eigenvalue weighted by Gasteiger charge is 2.49. The fourth-order valence-corrected chi connectivity index (χ4v) is 6.17. The number of methoxy groups -OCH3 is 1. The summed E-state index contributed by atoms with van der Waals surface area (Å²) in [5.41, 5.74) is 0.576. The lowest BCUT2D eigenvalue weighted by atomic mass is 9.82. The molecule has 242 valence electrons. The molecule has 4 aliphatic rings. The molecule has 1 N–H and O–H groups in total. The maximum Gasteiger partial charge on any atom is 0.586 e. The number of hydrogen-bond donors (Lipinski definition) is 1. The first kappa shape index (κ1) is 29.9. The highest BCUT2D eigenvalue weighted by Crippen LogP contribution is 2.50. The van der Waals surface area contributed by atoms with Crippen LogP contribution in [-0.2, 0) is 10.2 Å². The summed E-state index contributed by atoms with van der Waals surface area (Å²) in [6.07, 6.45) is -3.56. The summed E-state index contributed by atoms with van der Waals surface area (Å²) in [5.74, 6) is -2.70. The van der Waals surface area contributed by atoms with Gasteiger partial charge in [0.15, 0.2) is 11.5 Å². The zero-order valence-corrected chi connectivity index (χ0v) is 24.8. The van der Waals surface area contributed by atoms with Crippen LogP contribution in [0.4, 0.5) is 17.6 Å². The molecule has 46 heavy (non-hydrogen) atoms. The number of alkyl halides is 4. The number of nitrogens with zero attached hydrogens (tertiary/aromatic N) is 2. The Bertz CT molecular complexity index is 1710. The Balaban J connectivity index is 1.12. The number of hydrogen-bond acceptors (Lipinski definition) is 8. The van der Waals surface area contributed by atoms with Crippen LogP contribution in [-0.4, -0.2) is 60.7 Å². The van der Waals surface area contributed by atoms with Crippen LogP contribution in [0.15, 0.2) is 48.7 Å². The van der Waals surface area contributed by atoms with E-state index in [-0.39, 0.29) is 67.7 Å². The van der Waals surface area contributed by atoms with Crippen LogP contribution >= 0.6 is 0 Å². The number of carbonyl (C=O) groups excluding carboxylic acids is 2. The minimum Gasteiger partial charge on any atom is -0.497 e. The van der Waals surface area contributed by atoms with Crippen LogP contribution in [0.25, 0.3) is 0 Å². The van der Waals surface area contributed by atoms with Gasteiger partial charge in [0, 0.05) is 61.8 Å². The van der Waals surface area contributed by atoms with E-state index in [0.29, 0.717) is 28.3 Å². The fraction of sp³-hybridized carbons (Fsp3) is 0.406. The quantitative estimate of drug-likeness (QED) is 0.373. The van der Waals surface area contributed by atoms with Gasteiger partial charge in [0.2, 0.25) is 5.91 Å². The van der Waals surface area contributed by atoms with Gasteiger partial charge in [-0.2, -0.15) is 0 Å². The molecule has 2 amide bonds. The highest BCUT2D eigenvalue weighted by atomic mass is 19.3. The number of fused-ring (bicyclic) bond motifs is 3. The molecule has 5 heterocycles. The van der Waals surface area contributed by atoms with Gasteiger partial charge in [-0.25, -0.2) is 8.78 Å². The Morgan fingerprint density at radius 3 is 2.41 bits per heavy atom. The SMILES string of the molecule is COc1ccc2c(c1)O[C@@H](c1ccc(C(=O)N3CCC(F)(F)CC3)cn1)C[C@H]2NC(=O)C1(C)COc2cc3c(cc21)OC(F)(F)O3. The third kappa shape index (κ3) is 5.28. The number of pyridine rings is 1. The van der Waals surface area contributed by atoms with E-state index in [1.165, 1.54) is 30.3 Å². The smallest absolute Gasteiger partial charge is 0.497 e. The number of benzene rings is 2. The standard InChI is InChI=1S/C32H29F4N3O7/c1-30(16-43-24-14-27-26(12-20(24)30)45-32(35,36)46-27)29(41)38-22-13-25(44-23-11-18(42-2)4-5-19(22)23)21-6-3-17(15-37-21)28(40)39-9-7-31(33,34)8-10-39/h3-6,11-12,14-15,22,25H,7-10,13,16H2,1-2H3,(H,38,41)/t22-,25-,30?/m1/s1. The van der Waals surface area contributed by atoms with Crippen molar-refractivity contribution in [1.29, 1.82) is 0 Å². The first-order valence-corrected chi connectivity index (χ1v) is 14.7. The summed E-state index contributed by atoms with van der Waals surface area (Å²) in [4.78, 5) is 32.7. The van der Waals surface area contributed by atoms with E-state index in [1.54, 1.807) is 37.3 Å². The Morgan fingerprint density at radius 2 is 1.72 bits per heavy atom. The van der Waals surface area contributed by atoms with Gasteiger partial charge in [-0.3, -0.25) is 14.6 Å². The topological polar surface area (TPSA) is 108 Å². The third-order valence-electron chi connectivity index (χ3n) is 8.88. The molecule has 1 fully saturated rings. The van der Waals surface area contributed by atoms with Gasteiger partial charge in [-0.15, -0.1) is 8.78 Å². The van der Waals surface area contributed by atoms with E-state index in [4.69, 9.17) is 14.2 Å². The molecule has 4 aliphatic heterocycles. The molecular formula is C32H29F4N3O7. The molecule has 0 radical (unpaired) electrons. The molecule has 0 spiro atoms. The molecular weight excluding hydrogens is 614 g/mol. The second kappa shape index (κ2) is 10.7. The molecule has 10 nitrogen and oxygen atoms in total. The summed E-state index contributed by atoms with van der Waals surface area (Å²) in [5, 5.41) is 3.09. The van der Waals surface area contributed by atoms with E-state index in [9.17, 15) is 27.2 Å². The van der Waals surface area contributed by atoms with Crippen molar-refractivity contribution in [2.75, 3.05) is 26.8 Å². The molecule has 1 unspecified atom stereocenters. The maximum atomic E-state index is 13.9. The molecule has 14 heteroatoms. The number of nitrogens with one attached hydrogen (secondary N) is 1. The van der Waals surface area contributed by atoms with Crippen LogP contribution in [0, 0.1) is 0 Å². The van der Waals surface area contributed by atoms with Crippen molar-refractivity contribution in [3.05, 3.63) is 71.0 Å². The molecule has 1 saturated heterocycles. The number of rotatable bonds is 5. The van der Waals surface area contributed by atoms with E-state index < -0.39 is 35.7 Å². The normalized spacial score (nSPS) is 25.0. The molecule has 2 aromatic carbocycles. The summed E-state index contributed by atoms with van der Waals surface area (Å²) < 4.78 is 81.1. The molecule has 7 rings (SSSR count). The van der Waals surface area contributed by atoms with Crippen molar-refractivity contribution in [1.82, 2.24) is 15.2 Å². The summed E-state index contributed by atoms with van der Waals surface area (Å²) >= 11 is 0. The fourth-order valence-electron chi connectivity index (χ4n) is 6.17. The highest BCUT2D eigenvalue weighted by molar-refractivity contribution is 5.94. The molecule has 3 atom stereocenters. The lowest BCUT2D eigenvalue weighted by Crippen LogP contribution is -2.46. The number of likely N-dealkylation sites (tertiary alicyclic amines) is 1. The van der Waals surface area contributed by atoms with Gasteiger partial charge in [0.1, 0.15) is 35.4 Å². The first-order chi connectivity index (χ1) is 21.8.